The fourth-order valence-electron chi connectivity index (χ4n) is 3.52. The molecule has 0 bridgehead atoms. The molecule has 0 spiro atoms. The van der Waals surface area contributed by atoms with Crippen LogP contribution in [0.25, 0.3) is 10.2 Å². The van der Waals surface area contributed by atoms with Crippen molar-refractivity contribution in [2.45, 2.75) is 35.2 Å². The highest BCUT2D eigenvalue weighted by atomic mass is 32.2. The zero-order valence-corrected chi connectivity index (χ0v) is 19.6. The SMILES string of the molecule is CSc1ccc2nc(N(CC3CCCO3)C(=O)CCS(=O)(=O)c3ccccc3)sc2c1. The molecule has 0 radical (unpaired) electrons. The van der Waals surface area contributed by atoms with Gasteiger partial charge in [-0.05, 0) is 49.4 Å². The monoisotopic (exact) mass is 476 g/mol. The summed E-state index contributed by atoms with van der Waals surface area (Å²) in [6, 6.07) is 14.3. The van der Waals surface area contributed by atoms with Crippen LogP contribution in [0, 0.1) is 0 Å². The minimum Gasteiger partial charge on any atom is -0.376 e. The second-order valence-electron chi connectivity index (χ2n) is 7.35. The Hall–Kier alpha value is -1.94. The van der Waals surface area contributed by atoms with Crippen molar-refractivity contribution in [1.82, 2.24) is 4.98 Å². The molecule has 0 saturated carbocycles. The van der Waals surface area contributed by atoms with Crippen LogP contribution in [0.2, 0.25) is 0 Å². The van der Waals surface area contributed by atoms with Gasteiger partial charge in [-0.25, -0.2) is 13.4 Å². The summed E-state index contributed by atoms with van der Waals surface area (Å²) in [5.41, 5.74) is 0.833. The highest BCUT2D eigenvalue weighted by Crippen LogP contribution is 2.32. The molecule has 1 unspecified atom stereocenters. The molecule has 1 atom stereocenters. The molecular formula is C22H24N2O4S3. The number of thiazole rings is 1. The lowest BCUT2D eigenvalue weighted by atomic mass is 10.2. The molecule has 0 aliphatic carbocycles. The number of rotatable bonds is 8. The van der Waals surface area contributed by atoms with E-state index in [0.717, 1.165) is 28.0 Å². The van der Waals surface area contributed by atoms with E-state index in [4.69, 9.17) is 4.74 Å². The predicted octanol–water partition coefficient (Wildman–Crippen LogP) is 4.39. The van der Waals surface area contributed by atoms with Gasteiger partial charge >= 0.3 is 0 Å². The zero-order chi connectivity index (χ0) is 21.8. The molecule has 1 aliphatic rings. The molecule has 2 heterocycles. The van der Waals surface area contributed by atoms with Gasteiger partial charge in [-0.15, -0.1) is 11.8 Å². The number of carbonyl (C=O) groups is 1. The summed E-state index contributed by atoms with van der Waals surface area (Å²) in [6.45, 7) is 1.07. The third kappa shape index (κ3) is 5.28. The number of benzene rings is 2. The minimum absolute atomic E-state index is 0.0524. The van der Waals surface area contributed by atoms with Gasteiger partial charge in [0.05, 0.1) is 33.5 Å². The molecule has 1 aromatic heterocycles. The highest BCUT2D eigenvalue weighted by Gasteiger charge is 2.27. The maximum atomic E-state index is 13.2. The van der Waals surface area contributed by atoms with Gasteiger partial charge in [0, 0.05) is 17.9 Å². The van der Waals surface area contributed by atoms with Crippen molar-refractivity contribution < 1.29 is 17.9 Å². The highest BCUT2D eigenvalue weighted by molar-refractivity contribution is 7.98. The van der Waals surface area contributed by atoms with Crippen LogP contribution in [0.1, 0.15) is 19.3 Å². The lowest BCUT2D eigenvalue weighted by Gasteiger charge is -2.23. The Balaban J connectivity index is 1.56. The van der Waals surface area contributed by atoms with E-state index in [1.807, 2.05) is 18.4 Å². The number of amides is 1. The fourth-order valence-corrected chi connectivity index (χ4v) is 6.31. The first kappa shape index (κ1) is 22.3. The zero-order valence-electron chi connectivity index (χ0n) is 17.2. The lowest BCUT2D eigenvalue weighted by molar-refractivity contribution is -0.118. The van der Waals surface area contributed by atoms with Gasteiger partial charge < -0.3 is 4.74 Å². The topological polar surface area (TPSA) is 76.6 Å². The van der Waals surface area contributed by atoms with Crippen molar-refractivity contribution in [1.29, 1.82) is 0 Å². The molecule has 1 aliphatic heterocycles. The van der Waals surface area contributed by atoms with Gasteiger partial charge in [0.25, 0.3) is 0 Å². The van der Waals surface area contributed by atoms with E-state index in [9.17, 15) is 13.2 Å². The molecule has 1 saturated heterocycles. The van der Waals surface area contributed by atoms with Gasteiger partial charge in [0.2, 0.25) is 5.91 Å². The summed E-state index contributed by atoms with van der Waals surface area (Å²) in [5.74, 6) is -0.488. The fraction of sp³-hybridized carbons (Fsp3) is 0.364. The van der Waals surface area contributed by atoms with E-state index >= 15 is 0 Å². The normalized spacial score (nSPS) is 16.6. The summed E-state index contributed by atoms with van der Waals surface area (Å²) in [6.07, 6.45) is 3.71. The molecule has 0 N–H and O–H groups in total. The largest absolute Gasteiger partial charge is 0.376 e. The molecule has 6 nitrogen and oxygen atoms in total. The second-order valence-corrected chi connectivity index (χ2v) is 11.3. The Morgan fingerprint density at radius 1 is 1.26 bits per heavy atom. The standard InChI is InChI=1S/C22H24N2O4S3/c1-29-17-9-10-19-20(14-17)30-22(23-19)24(15-16-6-5-12-28-16)21(25)11-13-31(26,27)18-7-3-2-4-8-18/h2-4,7-10,14,16H,5-6,11-13,15H2,1H3. The number of aromatic nitrogens is 1. The van der Waals surface area contributed by atoms with Crippen molar-refractivity contribution in [3.63, 3.8) is 0 Å². The van der Waals surface area contributed by atoms with Gasteiger partial charge in [-0.3, -0.25) is 9.69 Å². The van der Waals surface area contributed by atoms with Crippen molar-refractivity contribution >= 4 is 54.2 Å². The molecule has 1 fully saturated rings. The summed E-state index contributed by atoms with van der Waals surface area (Å²) in [7, 11) is -3.53. The quantitative estimate of drug-likeness (QED) is 0.449. The Labute approximate surface area is 190 Å². The van der Waals surface area contributed by atoms with Crippen LogP contribution in [-0.4, -0.2) is 50.6 Å². The van der Waals surface area contributed by atoms with Crippen LogP contribution in [0.4, 0.5) is 5.13 Å². The number of hydrogen-bond acceptors (Lipinski definition) is 7. The van der Waals surface area contributed by atoms with Gasteiger partial charge in [0.1, 0.15) is 0 Å². The minimum atomic E-state index is -3.53. The molecule has 31 heavy (non-hydrogen) atoms. The maximum absolute atomic E-state index is 13.2. The summed E-state index contributed by atoms with van der Waals surface area (Å²) < 4.78 is 32.0. The van der Waals surface area contributed by atoms with Crippen molar-refractivity contribution in [3.8, 4) is 0 Å². The number of sulfone groups is 1. The molecule has 164 valence electrons. The molecule has 9 heteroatoms. The summed E-state index contributed by atoms with van der Waals surface area (Å²) >= 11 is 3.11. The van der Waals surface area contributed by atoms with Gasteiger partial charge in [-0.1, -0.05) is 29.5 Å². The van der Waals surface area contributed by atoms with E-state index in [1.165, 1.54) is 11.3 Å². The average molecular weight is 477 g/mol. The smallest absolute Gasteiger partial charge is 0.229 e. The molecular weight excluding hydrogens is 452 g/mol. The van der Waals surface area contributed by atoms with Crippen LogP contribution >= 0.6 is 23.1 Å². The number of carbonyl (C=O) groups excluding carboxylic acids is 1. The van der Waals surface area contributed by atoms with Gasteiger partial charge in [0.15, 0.2) is 15.0 Å². The Morgan fingerprint density at radius 2 is 2.06 bits per heavy atom. The summed E-state index contributed by atoms with van der Waals surface area (Å²) in [4.78, 5) is 20.8. The van der Waals surface area contributed by atoms with Gasteiger partial charge in [-0.2, -0.15) is 0 Å². The number of fused-ring (bicyclic) bond motifs is 1. The number of hydrogen-bond donors (Lipinski definition) is 0. The Bertz CT molecular complexity index is 1160. The Kier molecular flexibility index (Phi) is 6.95. The van der Waals surface area contributed by atoms with E-state index in [2.05, 4.69) is 11.1 Å². The second kappa shape index (κ2) is 9.68. The molecule has 2 aromatic carbocycles. The van der Waals surface area contributed by atoms with Crippen molar-refractivity contribution in [2.24, 2.45) is 0 Å². The van der Waals surface area contributed by atoms with E-state index in [1.54, 1.807) is 47.0 Å². The number of thioether (sulfide) groups is 1. The van der Waals surface area contributed by atoms with E-state index in [-0.39, 0.29) is 29.1 Å². The first-order chi connectivity index (χ1) is 15.0. The van der Waals surface area contributed by atoms with Crippen LogP contribution in [-0.2, 0) is 19.4 Å². The third-order valence-electron chi connectivity index (χ3n) is 5.21. The molecule has 4 rings (SSSR count). The number of ether oxygens (including phenoxy) is 1. The van der Waals surface area contributed by atoms with E-state index < -0.39 is 9.84 Å². The first-order valence-corrected chi connectivity index (χ1v) is 13.8. The first-order valence-electron chi connectivity index (χ1n) is 10.1. The van der Waals surface area contributed by atoms with Crippen molar-refractivity contribution in [2.75, 3.05) is 30.1 Å². The Morgan fingerprint density at radius 3 is 2.77 bits per heavy atom. The molecule has 3 aromatic rings. The van der Waals surface area contributed by atoms with Crippen LogP contribution in [0.15, 0.2) is 58.3 Å². The van der Waals surface area contributed by atoms with Crippen LogP contribution < -0.4 is 4.90 Å². The maximum Gasteiger partial charge on any atom is 0.229 e. The lowest BCUT2D eigenvalue weighted by Crippen LogP contribution is -2.38. The summed E-state index contributed by atoms with van der Waals surface area (Å²) in [5, 5.41) is 0.589. The van der Waals surface area contributed by atoms with Crippen LogP contribution in [0.5, 0.6) is 0 Å². The number of nitrogens with zero attached hydrogens (tertiary/aromatic N) is 2. The predicted molar refractivity (Wildman–Crippen MR) is 126 cm³/mol. The third-order valence-corrected chi connectivity index (χ3v) is 8.71. The van der Waals surface area contributed by atoms with Crippen molar-refractivity contribution in [3.05, 3.63) is 48.5 Å². The average Bonchev–Trinajstić information content (AvgIpc) is 3.45. The molecule has 1 amide bonds. The van der Waals surface area contributed by atoms with E-state index in [0.29, 0.717) is 18.3 Å². The van der Waals surface area contributed by atoms with Crippen LogP contribution in [0.3, 0.4) is 0 Å². The number of anilines is 1.